The fourth-order valence-corrected chi connectivity index (χ4v) is 5.04. The van der Waals surface area contributed by atoms with Gasteiger partial charge >= 0.3 is 0 Å². The molecule has 1 aromatic heterocycles. The van der Waals surface area contributed by atoms with Crippen LogP contribution in [0.15, 0.2) is 48.8 Å². The van der Waals surface area contributed by atoms with Crippen LogP contribution in [0.4, 0.5) is 0 Å². The molecule has 0 unspecified atom stereocenters. The maximum atomic E-state index is 12.6. The van der Waals surface area contributed by atoms with Gasteiger partial charge in [-0.1, -0.05) is 24.3 Å². The summed E-state index contributed by atoms with van der Waals surface area (Å²) in [5.41, 5.74) is 3.55. The van der Waals surface area contributed by atoms with Crippen LogP contribution in [-0.2, 0) is 17.8 Å². The van der Waals surface area contributed by atoms with E-state index in [1.807, 2.05) is 17.0 Å². The summed E-state index contributed by atoms with van der Waals surface area (Å²) in [5, 5.41) is 0. The van der Waals surface area contributed by atoms with Crippen molar-refractivity contribution < 1.29 is 9.53 Å². The number of amides is 1. The highest BCUT2D eigenvalue weighted by molar-refractivity contribution is 5.79. The summed E-state index contributed by atoms with van der Waals surface area (Å²) < 4.78 is 6.29. The first-order valence-electron chi connectivity index (χ1n) is 11.3. The number of carbonyl (C=O) groups excluding carboxylic acids is 1. The van der Waals surface area contributed by atoms with E-state index in [9.17, 15) is 4.79 Å². The van der Waals surface area contributed by atoms with Crippen LogP contribution in [0.2, 0.25) is 0 Å². The first-order chi connectivity index (χ1) is 14.9. The van der Waals surface area contributed by atoms with Gasteiger partial charge in [-0.05, 0) is 63.6 Å². The van der Waals surface area contributed by atoms with Gasteiger partial charge < -0.3 is 9.64 Å². The Bertz CT molecular complexity index is 983. The van der Waals surface area contributed by atoms with Gasteiger partial charge in [0.2, 0.25) is 5.91 Å². The second-order valence-electron chi connectivity index (χ2n) is 9.93. The van der Waals surface area contributed by atoms with Crippen LogP contribution in [0.3, 0.4) is 0 Å². The SMILES string of the molecule is CC1(C)C=Cc2cccc(CN3CCC4(CC3)CN(C(=O)Cc3ccncc3)C4)c2O1. The van der Waals surface area contributed by atoms with E-state index in [0.717, 1.165) is 56.9 Å². The van der Waals surface area contributed by atoms with Crippen LogP contribution in [0.1, 0.15) is 43.4 Å². The van der Waals surface area contributed by atoms with E-state index >= 15 is 0 Å². The molecule has 0 bridgehead atoms. The summed E-state index contributed by atoms with van der Waals surface area (Å²) >= 11 is 0. The van der Waals surface area contributed by atoms with E-state index in [1.165, 1.54) is 11.1 Å². The summed E-state index contributed by atoms with van der Waals surface area (Å²) in [7, 11) is 0. The quantitative estimate of drug-likeness (QED) is 0.756. The summed E-state index contributed by atoms with van der Waals surface area (Å²) in [4.78, 5) is 21.2. The van der Waals surface area contributed by atoms with Crippen molar-refractivity contribution in [3.8, 4) is 5.75 Å². The molecule has 0 atom stereocenters. The van der Waals surface area contributed by atoms with E-state index in [0.29, 0.717) is 11.8 Å². The van der Waals surface area contributed by atoms with Crippen molar-refractivity contribution in [2.45, 2.75) is 45.3 Å². The van der Waals surface area contributed by atoms with E-state index in [2.05, 4.69) is 54.1 Å². The van der Waals surface area contributed by atoms with Gasteiger partial charge in [0.25, 0.3) is 0 Å². The first-order valence-corrected chi connectivity index (χ1v) is 11.3. The minimum atomic E-state index is -0.257. The molecule has 5 rings (SSSR count). The highest BCUT2D eigenvalue weighted by Crippen LogP contribution is 2.42. The molecular weight excluding hydrogens is 386 g/mol. The molecule has 1 spiro atoms. The summed E-state index contributed by atoms with van der Waals surface area (Å²) in [6, 6.07) is 10.3. The number of pyridine rings is 1. The molecule has 0 aliphatic carbocycles. The highest BCUT2D eigenvalue weighted by atomic mass is 16.5. The molecule has 162 valence electrons. The minimum Gasteiger partial charge on any atom is -0.483 e. The maximum absolute atomic E-state index is 12.6. The summed E-state index contributed by atoms with van der Waals surface area (Å²) in [6.07, 6.45) is 10.6. The van der Waals surface area contributed by atoms with Crippen LogP contribution in [0, 0.1) is 5.41 Å². The number of hydrogen-bond donors (Lipinski definition) is 0. The van der Waals surface area contributed by atoms with Crippen LogP contribution < -0.4 is 4.74 Å². The molecular formula is C26H31N3O2. The predicted molar refractivity (Wildman–Crippen MR) is 122 cm³/mol. The molecule has 5 heteroatoms. The molecule has 2 fully saturated rings. The number of likely N-dealkylation sites (tertiary alicyclic amines) is 2. The van der Waals surface area contributed by atoms with Gasteiger partial charge in [0.05, 0.1) is 6.42 Å². The third-order valence-corrected chi connectivity index (χ3v) is 6.98. The molecule has 0 saturated carbocycles. The van der Waals surface area contributed by atoms with Crippen LogP contribution in [-0.4, -0.2) is 52.5 Å². The summed E-state index contributed by atoms with van der Waals surface area (Å²) in [5.74, 6) is 1.27. The monoisotopic (exact) mass is 417 g/mol. The number of para-hydroxylation sites is 1. The smallest absolute Gasteiger partial charge is 0.227 e. The zero-order chi connectivity index (χ0) is 21.5. The molecule has 3 aliphatic heterocycles. The molecule has 1 amide bonds. The number of ether oxygens (including phenoxy) is 1. The Morgan fingerprint density at radius 2 is 1.84 bits per heavy atom. The standard InChI is InChI=1S/C26H31N3O2/c1-25(2)9-6-21-4-3-5-22(24(21)31-25)17-28-14-10-26(11-15-28)18-29(19-26)23(30)16-20-7-12-27-13-8-20/h3-9,12-13H,10-11,14-19H2,1-2H3. The average Bonchev–Trinajstić information content (AvgIpc) is 2.73. The number of nitrogens with zero attached hydrogens (tertiary/aromatic N) is 3. The Labute approximate surface area is 184 Å². The Morgan fingerprint density at radius 3 is 2.58 bits per heavy atom. The lowest BCUT2D eigenvalue weighted by Crippen LogP contribution is -2.62. The molecule has 3 aliphatic rings. The van der Waals surface area contributed by atoms with Crippen LogP contribution >= 0.6 is 0 Å². The normalized spacial score (nSPS) is 21.3. The molecule has 2 saturated heterocycles. The minimum absolute atomic E-state index is 0.239. The van der Waals surface area contributed by atoms with Gasteiger partial charge in [-0.2, -0.15) is 0 Å². The van der Waals surface area contributed by atoms with Gasteiger partial charge in [0, 0.05) is 48.6 Å². The Hall–Kier alpha value is -2.66. The number of benzene rings is 1. The lowest BCUT2D eigenvalue weighted by molar-refractivity contribution is -0.146. The average molecular weight is 418 g/mol. The van der Waals surface area contributed by atoms with E-state index in [1.54, 1.807) is 12.4 Å². The lowest BCUT2D eigenvalue weighted by atomic mass is 9.71. The highest BCUT2D eigenvalue weighted by Gasteiger charge is 2.46. The molecule has 31 heavy (non-hydrogen) atoms. The summed E-state index contributed by atoms with van der Waals surface area (Å²) in [6.45, 7) is 9.11. The van der Waals surface area contributed by atoms with Crippen LogP contribution in [0.5, 0.6) is 5.75 Å². The van der Waals surface area contributed by atoms with Gasteiger partial charge in [0.1, 0.15) is 11.4 Å². The Balaban J connectivity index is 1.15. The largest absolute Gasteiger partial charge is 0.483 e. The molecule has 1 aromatic carbocycles. The number of aromatic nitrogens is 1. The van der Waals surface area contributed by atoms with Gasteiger partial charge in [-0.15, -0.1) is 0 Å². The van der Waals surface area contributed by atoms with E-state index in [-0.39, 0.29) is 11.5 Å². The third-order valence-electron chi connectivity index (χ3n) is 6.98. The Kier molecular flexibility index (Phi) is 5.09. The van der Waals surface area contributed by atoms with Crippen molar-refractivity contribution >= 4 is 12.0 Å². The second kappa shape index (κ2) is 7.79. The molecule has 2 aromatic rings. The van der Waals surface area contributed by atoms with E-state index in [4.69, 9.17) is 4.74 Å². The molecule has 5 nitrogen and oxygen atoms in total. The third kappa shape index (κ3) is 4.24. The molecule has 0 N–H and O–H groups in total. The zero-order valence-electron chi connectivity index (χ0n) is 18.5. The first kappa shape index (κ1) is 20.3. The maximum Gasteiger partial charge on any atom is 0.227 e. The molecule has 0 radical (unpaired) electrons. The van der Waals surface area contributed by atoms with Gasteiger partial charge in [-0.3, -0.25) is 14.7 Å². The Morgan fingerprint density at radius 1 is 1.10 bits per heavy atom. The van der Waals surface area contributed by atoms with Crippen molar-refractivity contribution in [1.29, 1.82) is 0 Å². The second-order valence-corrected chi connectivity index (χ2v) is 9.93. The number of fused-ring (bicyclic) bond motifs is 1. The number of carbonyl (C=O) groups is 1. The van der Waals surface area contributed by atoms with Crippen molar-refractivity contribution in [2.75, 3.05) is 26.2 Å². The van der Waals surface area contributed by atoms with Crippen molar-refractivity contribution in [2.24, 2.45) is 5.41 Å². The van der Waals surface area contributed by atoms with Crippen molar-refractivity contribution in [1.82, 2.24) is 14.8 Å². The van der Waals surface area contributed by atoms with Gasteiger partial charge in [-0.25, -0.2) is 0 Å². The predicted octanol–water partition coefficient (Wildman–Crippen LogP) is 3.93. The van der Waals surface area contributed by atoms with Gasteiger partial charge in [0.15, 0.2) is 0 Å². The molecule has 4 heterocycles. The number of rotatable bonds is 4. The fourth-order valence-electron chi connectivity index (χ4n) is 5.04. The topological polar surface area (TPSA) is 45.7 Å². The number of piperidine rings is 1. The number of hydrogen-bond acceptors (Lipinski definition) is 4. The van der Waals surface area contributed by atoms with Crippen LogP contribution in [0.25, 0.3) is 6.08 Å². The fraction of sp³-hybridized carbons (Fsp3) is 0.462. The van der Waals surface area contributed by atoms with Crippen molar-refractivity contribution in [3.05, 3.63) is 65.5 Å². The zero-order valence-corrected chi connectivity index (χ0v) is 18.5. The van der Waals surface area contributed by atoms with E-state index < -0.39 is 0 Å². The lowest BCUT2D eigenvalue weighted by Gasteiger charge is -2.54. The van der Waals surface area contributed by atoms with Crippen molar-refractivity contribution in [3.63, 3.8) is 0 Å².